The molecule has 1 unspecified atom stereocenters. The van der Waals surface area contributed by atoms with Crippen molar-refractivity contribution < 1.29 is 23.1 Å². The quantitative estimate of drug-likeness (QED) is 0.442. The second kappa shape index (κ2) is 11.4. The van der Waals surface area contributed by atoms with Crippen molar-refractivity contribution in [1.82, 2.24) is 20.4 Å². The highest BCUT2D eigenvalue weighted by Crippen LogP contribution is 2.41. The highest BCUT2D eigenvalue weighted by molar-refractivity contribution is 7.99. The van der Waals surface area contributed by atoms with Crippen molar-refractivity contribution in [3.05, 3.63) is 47.8 Å². The molecule has 1 heterocycles. The molecule has 0 fully saturated rings. The molecule has 31 heavy (non-hydrogen) atoms. The van der Waals surface area contributed by atoms with Crippen LogP contribution in [0.25, 0.3) is 0 Å². The summed E-state index contributed by atoms with van der Waals surface area (Å²) < 4.78 is 40.6. The number of aromatic hydroxyl groups is 1. The summed E-state index contributed by atoms with van der Waals surface area (Å²) in [5, 5.41) is 18.4. The Kier molecular flexibility index (Phi) is 9.24. The van der Waals surface area contributed by atoms with Crippen molar-refractivity contribution in [2.24, 2.45) is 5.92 Å². The zero-order valence-electron chi connectivity index (χ0n) is 17.8. The number of phenols is 1. The molecule has 2 aromatic rings. The van der Waals surface area contributed by atoms with Crippen molar-refractivity contribution in [3.63, 3.8) is 0 Å². The number of aromatic amines is 1. The van der Waals surface area contributed by atoms with E-state index >= 15 is 0 Å². The van der Waals surface area contributed by atoms with E-state index in [9.17, 15) is 23.1 Å². The van der Waals surface area contributed by atoms with Crippen LogP contribution in [-0.2, 0) is 10.5 Å². The topological polar surface area (TPSA) is 81.2 Å². The van der Waals surface area contributed by atoms with Crippen LogP contribution in [0.3, 0.4) is 0 Å². The van der Waals surface area contributed by atoms with Crippen LogP contribution in [0.15, 0.2) is 36.7 Å². The zero-order chi connectivity index (χ0) is 23.0. The van der Waals surface area contributed by atoms with Crippen LogP contribution >= 0.6 is 11.8 Å². The molecule has 0 saturated heterocycles. The second-order valence-electron chi connectivity index (χ2n) is 7.60. The molecule has 0 aliphatic heterocycles. The Bertz CT molecular complexity index is 798. The Morgan fingerprint density at radius 2 is 1.97 bits per heavy atom. The molecule has 172 valence electrons. The Hall–Kier alpha value is -2.20. The van der Waals surface area contributed by atoms with Gasteiger partial charge in [0.05, 0.1) is 17.5 Å². The molecule has 0 saturated carbocycles. The zero-order valence-corrected chi connectivity index (χ0v) is 18.6. The number of nitrogens with zero attached hydrogens (tertiary/aromatic N) is 2. The van der Waals surface area contributed by atoms with Gasteiger partial charge in [-0.05, 0) is 43.8 Å². The highest BCUT2D eigenvalue weighted by Gasteiger charge is 2.44. The average Bonchev–Trinajstić information content (AvgIpc) is 3.22. The first-order valence-corrected chi connectivity index (χ1v) is 11.0. The number of amides is 1. The van der Waals surface area contributed by atoms with E-state index in [1.165, 1.54) is 19.3 Å². The lowest BCUT2D eigenvalue weighted by atomic mass is 9.82. The van der Waals surface area contributed by atoms with Crippen LogP contribution in [0.2, 0.25) is 0 Å². The van der Waals surface area contributed by atoms with Gasteiger partial charge >= 0.3 is 6.18 Å². The number of hydrogen-bond donors (Lipinski definition) is 3. The number of aromatic nitrogens is 2. The molecular weight excluding hydrogens is 429 g/mol. The smallest absolute Gasteiger partial charge is 0.392 e. The minimum absolute atomic E-state index is 0.0604. The minimum atomic E-state index is -4.40. The van der Waals surface area contributed by atoms with Gasteiger partial charge in [0.25, 0.3) is 0 Å². The SMILES string of the molecule is CCC([C@H](CC(=O)NC[C@H](SCc1ccc(O)cc1)N(C)C)c1cn[nH]c1)C(F)(F)F. The number of nitrogens with one attached hydrogen (secondary N) is 2. The largest absolute Gasteiger partial charge is 0.508 e. The molecule has 0 aliphatic rings. The summed E-state index contributed by atoms with van der Waals surface area (Å²) in [4.78, 5) is 14.5. The lowest BCUT2D eigenvalue weighted by Crippen LogP contribution is -2.39. The molecule has 2 rings (SSSR count). The maximum absolute atomic E-state index is 13.5. The number of alkyl halides is 3. The van der Waals surface area contributed by atoms with E-state index in [0.717, 1.165) is 5.56 Å². The molecule has 1 amide bonds. The third-order valence-electron chi connectivity index (χ3n) is 5.13. The Balaban J connectivity index is 1.97. The normalized spacial score (nSPS) is 14.9. The lowest BCUT2D eigenvalue weighted by molar-refractivity contribution is -0.182. The number of halogens is 3. The van der Waals surface area contributed by atoms with Gasteiger partial charge in [0, 0.05) is 30.8 Å². The predicted octanol–water partition coefficient (Wildman–Crippen LogP) is 4.11. The number of hydrogen-bond acceptors (Lipinski definition) is 5. The number of benzene rings is 1. The predicted molar refractivity (Wildman–Crippen MR) is 116 cm³/mol. The van der Waals surface area contributed by atoms with Crippen LogP contribution < -0.4 is 5.32 Å². The summed E-state index contributed by atoms with van der Waals surface area (Å²) in [7, 11) is 3.76. The second-order valence-corrected chi connectivity index (χ2v) is 8.76. The molecular formula is C21H29F3N4O2S. The first-order valence-electron chi connectivity index (χ1n) is 9.99. The summed E-state index contributed by atoms with van der Waals surface area (Å²) in [6.07, 6.45) is -2.01. The number of phenolic OH excluding ortho intramolecular Hbond substituents is 1. The van der Waals surface area contributed by atoms with Gasteiger partial charge in [-0.3, -0.25) is 14.8 Å². The monoisotopic (exact) mass is 458 g/mol. The van der Waals surface area contributed by atoms with E-state index in [-0.39, 0.29) is 24.0 Å². The minimum Gasteiger partial charge on any atom is -0.508 e. The number of likely N-dealkylation sites (N-methyl/N-ethyl adjacent to an activating group) is 1. The first-order chi connectivity index (χ1) is 14.6. The van der Waals surface area contributed by atoms with E-state index in [0.29, 0.717) is 17.9 Å². The maximum atomic E-state index is 13.5. The lowest BCUT2D eigenvalue weighted by Gasteiger charge is -2.28. The molecule has 3 atom stereocenters. The standard InChI is InChI=1S/C21H29F3N4O2S/c1-4-18(21(22,23)24)17(15-10-26-27-11-15)9-19(30)25-12-20(28(2)3)31-13-14-5-7-16(29)8-6-14/h5-8,10-11,17-18,20,29H,4,9,12-13H2,1-3H3,(H,25,30)(H,26,27)/t17-,18?,20+/m1/s1. The third kappa shape index (κ3) is 7.77. The average molecular weight is 459 g/mol. The van der Waals surface area contributed by atoms with Crippen molar-refractivity contribution in [3.8, 4) is 5.75 Å². The number of rotatable bonds is 11. The summed E-state index contributed by atoms with van der Waals surface area (Å²) in [5.74, 6) is -2.18. The van der Waals surface area contributed by atoms with Crippen LogP contribution in [0.1, 0.15) is 36.8 Å². The Labute approximate surface area is 184 Å². The van der Waals surface area contributed by atoms with Crippen molar-refractivity contribution in [1.29, 1.82) is 0 Å². The van der Waals surface area contributed by atoms with Crippen LogP contribution in [0, 0.1) is 5.92 Å². The van der Waals surface area contributed by atoms with Crippen molar-refractivity contribution in [2.45, 2.75) is 43.0 Å². The molecule has 1 aromatic heterocycles. The van der Waals surface area contributed by atoms with E-state index in [1.54, 1.807) is 23.9 Å². The van der Waals surface area contributed by atoms with Crippen LogP contribution in [0.5, 0.6) is 5.75 Å². The fourth-order valence-corrected chi connectivity index (χ4v) is 4.42. The van der Waals surface area contributed by atoms with Gasteiger partial charge in [0.2, 0.25) is 5.91 Å². The molecule has 1 aromatic carbocycles. The fourth-order valence-electron chi connectivity index (χ4n) is 3.35. The summed E-state index contributed by atoms with van der Waals surface area (Å²) in [5.41, 5.74) is 1.40. The van der Waals surface area contributed by atoms with Crippen LogP contribution in [-0.4, -0.2) is 58.3 Å². The molecule has 0 spiro atoms. The van der Waals surface area contributed by atoms with Crippen molar-refractivity contribution in [2.75, 3.05) is 20.6 Å². The van der Waals surface area contributed by atoms with Gasteiger partial charge in [-0.1, -0.05) is 19.1 Å². The van der Waals surface area contributed by atoms with Crippen LogP contribution in [0.4, 0.5) is 13.2 Å². The van der Waals surface area contributed by atoms with Gasteiger partial charge < -0.3 is 10.4 Å². The molecule has 0 bridgehead atoms. The molecule has 3 N–H and O–H groups in total. The summed E-state index contributed by atoms with van der Waals surface area (Å²) >= 11 is 1.60. The number of carbonyl (C=O) groups excluding carboxylic acids is 1. The molecule has 6 nitrogen and oxygen atoms in total. The summed E-state index contributed by atoms with van der Waals surface area (Å²) in [6, 6.07) is 6.88. The van der Waals surface area contributed by atoms with E-state index in [2.05, 4.69) is 15.5 Å². The van der Waals surface area contributed by atoms with Gasteiger partial charge in [0.15, 0.2) is 0 Å². The van der Waals surface area contributed by atoms with Gasteiger partial charge in [-0.2, -0.15) is 18.3 Å². The maximum Gasteiger partial charge on any atom is 0.392 e. The fraction of sp³-hybridized carbons (Fsp3) is 0.524. The van der Waals surface area contributed by atoms with Gasteiger partial charge in [-0.15, -0.1) is 11.8 Å². The van der Waals surface area contributed by atoms with Crippen molar-refractivity contribution >= 4 is 17.7 Å². The highest BCUT2D eigenvalue weighted by atomic mass is 32.2. The molecule has 10 heteroatoms. The van der Waals surface area contributed by atoms with E-state index in [4.69, 9.17) is 0 Å². The Morgan fingerprint density at radius 3 is 2.48 bits per heavy atom. The first kappa shape index (κ1) is 25.1. The molecule has 0 radical (unpaired) electrons. The number of thioether (sulfide) groups is 1. The Morgan fingerprint density at radius 1 is 1.29 bits per heavy atom. The summed E-state index contributed by atoms with van der Waals surface area (Å²) in [6.45, 7) is 1.78. The third-order valence-corrected chi connectivity index (χ3v) is 6.60. The van der Waals surface area contributed by atoms with E-state index in [1.807, 2.05) is 31.1 Å². The van der Waals surface area contributed by atoms with Gasteiger partial charge in [0.1, 0.15) is 5.75 Å². The molecule has 0 aliphatic carbocycles. The number of carbonyl (C=O) groups is 1. The number of H-pyrrole nitrogens is 1. The van der Waals surface area contributed by atoms with Gasteiger partial charge in [-0.25, -0.2) is 0 Å². The van der Waals surface area contributed by atoms with E-state index < -0.39 is 23.9 Å².